The summed E-state index contributed by atoms with van der Waals surface area (Å²) in [5.41, 5.74) is 3.26. The number of benzene rings is 1. The van der Waals surface area contributed by atoms with E-state index >= 15 is 0 Å². The molecule has 0 saturated carbocycles. The number of amides is 1. The van der Waals surface area contributed by atoms with Crippen LogP contribution in [0.15, 0.2) is 29.6 Å². The fraction of sp³-hybridized carbons (Fsp3) is 0.524. The van der Waals surface area contributed by atoms with Gasteiger partial charge in [-0.3, -0.25) is 9.69 Å². The first-order valence-electron chi connectivity index (χ1n) is 9.70. The van der Waals surface area contributed by atoms with Crippen LogP contribution in [0.2, 0.25) is 0 Å². The molecular formula is C21H29N3O2S. The van der Waals surface area contributed by atoms with Crippen molar-refractivity contribution in [1.82, 2.24) is 15.2 Å². The Kier molecular flexibility index (Phi) is 7.38. The van der Waals surface area contributed by atoms with E-state index in [9.17, 15) is 4.79 Å². The topological polar surface area (TPSA) is 54.5 Å². The third kappa shape index (κ3) is 6.41. The normalized spacial score (nSPS) is 15.2. The first-order chi connectivity index (χ1) is 13.1. The number of thiazole rings is 1. The van der Waals surface area contributed by atoms with Gasteiger partial charge in [-0.15, -0.1) is 11.3 Å². The Morgan fingerprint density at radius 3 is 2.93 bits per heavy atom. The van der Waals surface area contributed by atoms with E-state index in [0.717, 1.165) is 62.1 Å². The van der Waals surface area contributed by atoms with Gasteiger partial charge in [-0.2, -0.15) is 0 Å². The van der Waals surface area contributed by atoms with Gasteiger partial charge in [-0.1, -0.05) is 32.0 Å². The Balaban J connectivity index is 1.57. The molecule has 1 aliphatic heterocycles. The summed E-state index contributed by atoms with van der Waals surface area (Å²) in [6.07, 6.45) is 1.35. The van der Waals surface area contributed by atoms with Gasteiger partial charge in [0.05, 0.1) is 25.3 Å². The monoisotopic (exact) mass is 387 g/mol. The van der Waals surface area contributed by atoms with Crippen molar-refractivity contribution >= 4 is 17.2 Å². The van der Waals surface area contributed by atoms with Gasteiger partial charge in [0.2, 0.25) is 5.91 Å². The number of ether oxygens (including phenoxy) is 1. The molecule has 1 aliphatic rings. The molecule has 1 aromatic carbocycles. The Hall–Kier alpha value is -1.76. The van der Waals surface area contributed by atoms with E-state index in [2.05, 4.69) is 53.3 Å². The Morgan fingerprint density at radius 1 is 1.33 bits per heavy atom. The van der Waals surface area contributed by atoms with E-state index in [1.807, 2.05) is 5.38 Å². The summed E-state index contributed by atoms with van der Waals surface area (Å²) in [5, 5.41) is 5.94. The second kappa shape index (κ2) is 9.97. The van der Waals surface area contributed by atoms with Gasteiger partial charge < -0.3 is 10.1 Å². The van der Waals surface area contributed by atoms with Crippen molar-refractivity contribution in [2.45, 2.75) is 33.2 Å². The van der Waals surface area contributed by atoms with Crippen molar-refractivity contribution in [3.05, 3.63) is 40.9 Å². The maximum Gasteiger partial charge on any atom is 0.226 e. The van der Waals surface area contributed by atoms with Crippen molar-refractivity contribution in [3.8, 4) is 10.6 Å². The van der Waals surface area contributed by atoms with Crippen LogP contribution in [0.1, 0.15) is 31.5 Å². The molecule has 0 atom stereocenters. The van der Waals surface area contributed by atoms with Gasteiger partial charge in [0.1, 0.15) is 5.01 Å². The van der Waals surface area contributed by atoms with Crippen molar-refractivity contribution in [2.24, 2.45) is 5.92 Å². The first kappa shape index (κ1) is 20.0. The van der Waals surface area contributed by atoms with E-state index < -0.39 is 0 Å². The van der Waals surface area contributed by atoms with Gasteiger partial charge >= 0.3 is 0 Å². The van der Waals surface area contributed by atoms with Gasteiger partial charge in [0.25, 0.3) is 0 Å². The summed E-state index contributed by atoms with van der Waals surface area (Å²) in [7, 11) is 0. The lowest BCUT2D eigenvalue weighted by Gasteiger charge is -2.26. The first-order valence-corrected chi connectivity index (χ1v) is 10.6. The largest absolute Gasteiger partial charge is 0.379 e. The Morgan fingerprint density at radius 2 is 2.15 bits per heavy atom. The second-order valence-electron chi connectivity index (χ2n) is 7.44. The molecule has 1 fully saturated rings. The summed E-state index contributed by atoms with van der Waals surface area (Å²) in [5.74, 6) is 0.648. The predicted molar refractivity (Wildman–Crippen MR) is 110 cm³/mol. The number of carbonyl (C=O) groups is 1. The van der Waals surface area contributed by atoms with Crippen LogP contribution in [-0.4, -0.2) is 48.6 Å². The molecule has 3 rings (SSSR count). The highest BCUT2D eigenvalue weighted by Crippen LogP contribution is 2.25. The van der Waals surface area contributed by atoms with Crippen LogP contribution in [0.25, 0.3) is 10.6 Å². The Bertz CT molecular complexity index is 739. The summed E-state index contributed by atoms with van der Waals surface area (Å²) in [4.78, 5) is 19.1. The zero-order valence-corrected chi connectivity index (χ0v) is 17.1. The van der Waals surface area contributed by atoms with E-state index in [1.165, 1.54) is 5.56 Å². The average Bonchev–Trinajstić information content (AvgIpc) is 3.11. The number of nitrogens with one attached hydrogen (secondary N) is 1. The molecule has 0 unspecified atom stereocenters. The third-order valence-electron chi connectivity index (χ3n) is 4.62. The lowest BCUT2D eigenvalue weighted by Crippen LogP contribution is -2.35. The van der Waals surface area contributed by atoms with Crippen molar-refractivity contribution in [1.29, 1.82) is 0 Å². The standard InChI is InChI=1S/C21H29N3O2S/c1-16(2)6-7-22-20(25)13-19-15-27-21(23-19)18-5-3-4-17(12-18)14-24-8-10-26-11-9-24/h3-5,12,15-16H,6-11,13-14H2,1-2H3,(H,22,25). The summed E-state index contributed by atoms with van der Waals surface area (Å²) in [6, 6.07) is 8.55. The number of nitrogens with zero attached hydrogens (tertiary/aromatic N) is 2. The maximum absolute atomic E-state index is 12.1. The SMILES string of the molecule is CC(C)CCNC(=O)Cc1csc(-c2cccc(CN3CCOCC3)c2)n1. The van der Waals surface area contributed by atoms with E-state index in [-0.39, 0.29) is 5.91 Å². The fourth-order valence-electron chi connectivity index (χ4n) is 3.07. The summed E-state index contributed by atoms with van der Waals surface area (Å²) >= 11 is 1.60. The fourth-order valence-corrected chi connectivity index (χ4v) is 3.88. The molecule has 27 heavy (non-hydrogen) atoms. The van der Waals surface area contributed by atoms with Crippen LogP contribution < -0.4 is 5.32 Å². The van der Waals surface area contributed by atoms with E-state index in [1.54, 1.807) is 11.3 Å². The highest BCUT2D eigenvalue weighted by Gasteiger charge is 2.12. The lowest BCUT2D eigenvalue weighted by molar-refractivity contribution is -0.120. The number of rotatable bonds is 8. The summed E-state index contributed by atoms with van der Waals surface area (Å²) in [6.45, 7) is 9.58. The van der Waals surface area contributed by atoms with Crippen molar-refractivity contribution < 1.29 is 9.53 Å². The van der Waals surface area contributed by atoms with Crippen LogP contribution in [0.5, 0.6) is 0 Å². The van der Waals surface area contributed by atoms with Crippen LogP contribution in [0.4, 0.5) is 0 Å². The van der Waals surface area contributed by atoms with Crippen molar-refractivity contribution in [3.63, 3.8) is 0 Å². The minimum atomic E-state index is 0.0496. The second-order valence-corrected chi connectivity index (χ2v) is 8.30. The molecule has 0 bridgehead atoms. The van der Waals surface area contributed by atoms with Gasteiger partial charge in [-0.05, 0) is 24.0 Å². The average molecular weight is 388 g/mol. The molecule has 146 valence electrons. The number of hydrogen-bond acceptors (Lipinski definition) is 5. The molecule has 0 radical (unpaired) electrons. The summed E-state index contributed by atoms with van der Waals surface area (Å²) < 4.78 is 5.42. The third-order valence-corrected chi connectivity index (χ3v) is 5.56. The molecule has 1 N–H and O–H groups in total. The number of hydrogen-bond donors (Lipinski definition) is 1. The predicted octanol–water partition coefficient (Wildman–Crippen LogP) is 3.35. The molecule has 0 spiro atoms. The highest BCUT2D eigenvalue weighted by atomic mass is 32.1. The molecule has 1 amide bonds. The molecule has 2 heterocycles. The molecule has 0 aliphatic carbocycles. The molecule has 6 heteroatoms. The van der Waals surface area contributed by atoms with E-state index in [0.29, 0.717) is 12.3 Å². The van der Waals surface area contributed by atoms with Crippen molar-refractivity contribution in [2.75, 3.05) is 32.8 Å². The number of carbonyl (C=O) groups excluding carboxylic acids is 1. The zero-order chi connectivity index (χ0) is 19.1. The number of morpholine rings is 1. The highest BCUT2D eigenvalue weighted by molar-refractivity contribution is 7.13. The minimum Gasteiger partial charge on any atom is -0.379 e. The minimum absolute atomic E-state index is 0.0496. The van der Waals surface area contributed by atoms with E-state index in [4.69, 9.17) is 4.74 Å². The molecular weight excluding hydrogens is 358 g/mol. The zero-order valence-electron chi connectivity index (χ0n) is 16.2. The molecule has 2 aromatic rings. The molecule has 1 aromatic heterocycles. The quantitative estimate of drug-likeness (QED) is 0.755. The Labute approximate surface area is 165 Å². The van der Waals surface area contributed by atoms with Crippen LogP contribution in [0.3, 0.4) is 0 Å². The van der Waals surface area contributed by atoms with Gasteiger partial charge in [-0.25, -0.2) is 4.98 Å². The molecule has 5 nitrogen and oxygen atoms in total. The van der Waals surface area contributed by atoms with Gasteiger partial charge in [0, 0.05) is 37.1 Å². The van der Waals surface area contributed by atoms with Gasteiger partial charge in [0.15, 0.2) is 0 Å². The maximum atomic E-state index is 12.1. The van der Waals surface area contributed by atoms with Crippen LogP contribution in [0, 0.1) is 5.92 Å². The smallest absolute Gasteiger partial charge is 0.226 e. The molecule has 1 saturated heterocycles. The van der Waals surface area contributed by atoms with Crippen LogP contribution >= 0.6 is 11.3 Å². The van der Waals surface area contributed by atoms with Crippen LogP contribution in [-0.2, 0) is 22.5 Å². The number of aromatic nitrogens is 1. The lowest BCUT2D eigenvalue weighted by atomic mass is 10.1.